The Morgan fingerprint density at radius 2 is 1.75 bits per heavy atom. The van der Waals surface area contributed by atoms with Gasteiger partial charge in [0.05, 0.1) is 5.56 Å². The first-order valence-corrected chi connectivity index (χ1v) is 8.93. The summed E-state index contributed by atoms with van der Waals surface area (Å²) in [6, 6.07) is 11.4. The van der Waals surface area contributed by atoms with Crippen LogP contribution in [0.4, 0.5) is 5.69 Å². The van der Waals surface area contributed by atoms with Crippen LogP contribution in [-0.2, 0) is 27.4 Å². The van der Waals surface area contributed by atoms with E-state index >= 15 is 0 Å². The van der Waals surface area contributed by atoms with Crippen molar-refractivity contribution >= 4 is 40.2 Å². The van der Waals surface area contributed by atoms with Crippen molar-refractivity contribution in [2.75, 3.05) is 5.32 Å². The number of rotatable bonds is 3. The lowest BCUT2D eigenvalue weighted by atomic mass is 10.2. The Balaban J connectivity index is 1.91. The second-order valence-electron chi connectivity index (χ2n) is 5.26. The summed E-state index contributed by atoms with van der Waals surface area (Å²) in [6.45, 7) is 1.36. The smallest absolute Gasteiger partial charge is 0.269 e. The van der Waals surface area contributed by atoms with Gasteiger partial charge in [0, 0.05) is 5.69 Å². The molecule has 6 nitrogen and oxygen atoms in total. The van der Waals surface area contributed by atoms with Gasteiger partial charge in [0.25, 0.3) is 15.9 Å². The summed E-state index contributed by atoms with van der Waals surface area (Å²) in [6.07, 6.45) is 0. The predicted molar refractivity (Wildman–Crippen MR) is 90.0 cm³/mol. The van der Waals surface area contributed by atoms with E-state index in [1.807, 2.05) is 0 Å². The number of carbonyl (C=O) groups is 2. The minimum absolute atomic E-state index is 0.0702. The second kappa shape index (κ2) is 5.88. The highest BCUT2D eigenvalue weighted by Crippen LogP contribution is 2.32. The van der Waals surface area contributed by atoms with Crippen LogP contribution in [0.2, 0.25) is 0 Å². The number of nitrogens with one attached hydrogen (secondary N) is 1. The maximum absolute atomic E-state index is 12.6. The van der Waals surface area contributed by atoms with Crippen LogP contribution in [-0.4, -0.2) is 30.6 Å². The van der Waals surface area contributed by atoms with Gasteiger partial charge in [-0.2, -0.15) is 4.90 Å². The summed E-state index contributed by atoms with van der Waals surface area (Å²) in [4.78, 5) is 25.2. The van der Waals surface area contributed by atoms with Gasteiger partial charge in [0.1, 0.15) is 10.9 Å². The van der Waals surface area contributed by atoms with E-state index in [1.54, 1.807) is 30.3 Å². The summed E-state index contributed by atoms with van der Waals surface area (Å²) < 4.78 is 25.7. The van der Waals surface area contributed by atoms with E-state index in [9.17, 15) is 18.0 Å². The number of para-hydroxylation sites is 1. The van der Waals surface area contributed by atoms with Gasteiger partial charge >= 0.3 is 0 Å². The fourth-order valence-corrected chi connectivity index (χ4v) is 4.42. The first-order chi connectivity index (χ1) is 11.3. The monoisotopic (exact) mass is 361 g/mol. The number of carbonyl (C=O) groups excluding carboxylic acids is 2. The van der Waals surface area contributed by atoms with Gasteiger partial charge in [-0.25, -0.2) is 12.7 Å². The lowest BCUT2D eigenvalue weighted by Gasteiger charge is -2.23. The van der Waals surface area contributed by atoms with E-state index in [-0.39, 0.29) is 10.5 Å². The zero-order chi connectivity index (χ0) is 17.5. The minimum Gasteiger partial charge on any atom is -0.778 e. The first kappa shape index (κ1) is 16.4. The van der Waals surface area contributed by atoms with Crippen molar-refractivity contribution in [3.63, 3.8) is 0 Å². The Morgan fingerprint density at radius 3 is 2.42 bits per heavy atom. The summed E-state index contributed by atoms with van der Waals surface area (Å²) in [7, 11) is -4.05. The molecule has 24 heavy (non-hydrogen) atoms. The highest BCUT2D eigenvalue weighted by atomic mass is 32.2. The predicted octanol–water partition coefficient (Wildman–Crippen LogP) is 1.76. The van der Waals surface area contributed by atoms with Crippen molar-refractivity contribution in [3.8, 4) is 0 Å². The van der Waals surface area contributed by atoms with Gasteiger partial charge in [-0.3, -0.25) is 9.59 Å². The van der Waals surface area contributed by atoms with Crippen LogP contribution in [0.5, 0.6) is 0 Å². The molecular weight excluding hydrogens is 348 g/mol. The molecular formula is C16H13N2O4S2-. The summed E-state index contributed by atoms with van der Waals surface area (Å²) >= 11 is 5.10. The Kier molecular flexibility index (Phi) is 4.02. The Hall–Kier alpha value is -2.45. The molecule has 0 aliphatic carbocycles. The zero-order valence-corrected chi connectivity index (χ0v) is 14.2. The van der Waals surface area contributed by atoms with Gasteiger partial charge in [-0.15, -0.1) is 0 Å². The Labute approximate surface area is 144 Å². The van der Waals surface area contributed by atoms with Crippen molar-refractivity contribution in [3.05, 3.63) is 54.1 Å². The first-order valence-electron chi connectivity index (χ1n) is 7.08. The van der Waals surface area contributed by atoms with Crippen LogP contribution in [0.3, 0.4) is 0 Å². The van der Waals surface area contributed by atoms with E-state index in [0.717, 1.165) is 0 Å². The van der Waals surface area contributed by atoms with Crippen LogP contribution < -0.4 is 5.32 Å². The molecule has 8 heteroatoms. The third-order valence-electron chi connectivity index (χ3n) is 3.73. The molecule has 0 unspecified atom stereocenters. The molecule has 1 N–H and O–H groups in total. The molecule has 0 spiro atoms. The number of hydrogen-bond acceptors (Lipinski definition) is 5. The Morgan fingerprint density at radius 1 is 1.12 bits per heavy atom. The number of fused-ring (bicyclic) bond motifs is 1. The molecule has 1 aliphatic heterocycles. The summed E-state index contributed by atoms with van der Waals surface area (Å²) in [5.41, 5.74) is 0.465. The van der Waals surface area contributed by atoms with Crippen molar-refractivity contribution in [2.45, 2.75) is 22.8 Å². The number of anilines is 1. The third kappa shape index (κ3) is 2.53. The summed E-state index contributed by atoms with van der Waals surface area (Å²) in [5.74, 6) is -1.34. The van der Waals surface area contributed by atoms with Gasteiger partial charge in [-0.05, 0) is 25.1 Å². The van der Waals surface area contributed by atoms with Gasteiger partial charge in [0.15, 0.2) is 0 Å². The van der Waals surface area contributed by atoms with Crippen molar-refractivity contribution in [1.82, 2.24) is 4.31 Å². The van der Waals surface area contributed by atoms with Crippen LogP contribution in [0, 0.1) is 0 Å². The lowest BCUT2D eigenvalue weighted by Crippen LogP contribution is -2.45. The topological polar surface area (TPSA) is 83.6 Å². The molecule has 3 rings (SSSR count). The Bertz CT molecular complexity index is 941. The molecule has 1 heterocycles. The van der Waals surface area contributed by atoms with Gasteiger partial charge in [0.2, 0.25) is 5.91 Å². The third-order valence-corrected chi connectivity index (χ3v) is 6.00. The lowest BCUT2D eigenvalue weighted by molar-refractivity contribution is -0.118. The average molecular weight is 361 g/mol. The van der Waals surface area contributed by atoms with Gasteiger partial charge in [-0.1, -0.05) is 30.3 Å². The maximum atomic E-state index is 12.6. The second-order valence-corrected chi connectivity index (χ2v) is 7.49. The average Bonchev–Trinajstić information content (AvgIpc) is 2.76. The van der Waals surface area contributed by atoms with Gasteiger partial charge < -0.3 is 17.9 Å². The fraction of sp³-hybridized carbons (Fsp3) is 0.125. The van der Waals surface area contributed by atoms with E-state index in [0.29, 0.717) is 14.9 Å². The number of amides is 2. The van der Waals surface area contributed by atoms with Crippen LogP contribution in [0.1, 0.15) is 17.3 Å². The standard InChI is InChI=1S/C16H14N2O4S2/c1-10(15(19)17-12-7-3-4-8-13(12)23)18-16(20)11-6-2-5-9-14(11)24(18,21)22/h2-10,23H,1H3,(H,17,19)/p-1/t10-/m0/s1. The van der Waals surface area contributed by atoms with Crippen molar-refractivity contribution in [2.24, 2.45) is 0 Å². The van der Waals surface area contributed by atoms with Crippen molar-refractivity contribution < 1.29 is 18.0 Å². The van der Waals surface area contributed by atoms with E-state index in [4.69, 9.17) is 12.6 Å². The SMILES string of the molecule is C[C@@H](C(=O)Nc1ccccc1[S-])N1C(=O)c2ccccc2S1(=O)=O. The molecule has 124 valence electrons. The molecule has 1 atom stereocenters. The molecule has 2 aromatic carbocycles. The maximum Gasteiger partial charge on any atom is 0.269 e. The van der Waals surface area contributed by atoms with E-state index in [2.05, 4.69) is 5.32 Å². The molecule has 0 radical (unpaired) electrons. The largest absolute Gasteiger partial charge is 0.778 e. The van der Waals surface area contributed by atoms with Crippen LogP contribution >= 0.6 is 0 Å². The highest BCUT2D eigenvalue weighted by Gasteiger charge is 2.45. The fourth-order valence-electron chi connectivity index (χ4n) is 2.50. The number of hydrogen-bond donors (Lipinski definition) is 1. The quantitative estimate of drug-likeness (QED) is 0.843. The zero-order valence-electron chi connectivity index (χ0n) is 12.6. The van der Waals surface area contributed by atoms with Crippen molar-refractivity contribution in [1.29, 1.82) is 0 Å². The van der Waals surface area contributed by atoms with Crippen LogP contribution in [0.25, 0.3) is 0 Å². The molecule has 0 saturated heterocycles. The molecule has 1 aliphatic rings. The molecule has 0 fully saturated rings. The van der Waals surface area contributed by atoms with E-state index in [1.165, 1.54) is 25.1 Å². The minimum atomic E-state index is -4.05. The molecule has 2 aromatic rings. The normalized spacial score (nSPS) is 16.5. The van der Waals surface area contributed by atoms with Crippen LogP contribution in [0.15, 0.2) is 58.3 Å². The summed E-state index contributed by atoms with van der Waals surface area (Å²) in [5, 5.41) is 2.57. The molecule has 0 aromatic heterocycles. The number of benzene rings is 2. The number of sulfonamides is 1. The van der Waals surface area contributed by atoms with E-state index < -0.39 is 27.9 Å². The molecule has 0 saturated carbocycles. The number of nitrogens with zero attached hydrogens (tertiary/aromatic N) is 1. The highest BCUT2D eigenvalue weighted by molar-refractivity contribution is 7.90. The molecule has 2 amide bonds. The molecule has 0 bridgehead atoms.